The molecule has 0 saturated heterocycles. The molecule has 214 valence electrons. The van der Waals surface area contributed by atoms with Gasteiger partial charge in [0.1, 0.15) is 31.5 Å². The molecule has 4 aromatic rings. The molecule has 1 atom stereocenters. The second kappa shape index (κ2) is 12.0. The Labute approximate surface area is 242 Å². The van der Waals surface area contributed by atoms with E-state index in [1.807, 2.05) is 45.2 Å². The molecule has 0 bridgehead atoms. The van der Waals surface area contributed by atoms with Crippen molar-refractivity contribution < 1.29 is 23.8 Å². The van der Waals surface area contributed by atoms with Crippen LogP contribution >= 0.6 is 11.3 Å². The number of hydrogen-bond donors (Lipinski definition) is 1. The first-order valence-electron chi connectivity index (χ1n) is 13.3. The smallest absolute Gasteiger partial charge is 0.251 e. The maximum atomic E-state index is 14.2. The quantitative estimate of drug-likeness (QED) is 0.314. The molecule has 41 heavy (non-hydrogen) atoms. The molecule has 1 aliphatic rings. The topological polar surface area (TPSA) is 121 Å². The third-order valence-corrected chi connectivity index (χ3v) is 6.92. The van der Waals surface area contributed by atoms with Crippen molar-refractivity contribution in [2.75, 3.05) is 24.7 Å². The molecule has 0 spiro atoms. The summed E-state index contributed by atoms with van der Waals surface area (Å²) < 4.78 is 17.1. The van der Waals surface area contributed by atoms with Gasteiger partial charge >= 0.3 is 0 Å². The van der Waals surface area contributed by atoms with Gasteiger partial charge in [-0.05, 0) is 74.2 Å². The lowest BCUT2D eigenvalue weighted by molar-refractivity contribution is -0.128. The number of anilines is 1. The standard InChI is InChI=1S/C29H32N6O5S/c1-5-38-21-11-8-19(9-12-21)26(28(37)30-29(2,3)4)35(20-10-13-22-23(17-20)40-15-14-39-22)25(36)18-34-32-27(31-33-34)24-7-6-16-41-24/h6-13,16-17,26H,5,14-15,18H2,1-4H3,(H,30,37). The Hall–Kier alpha value is -4.45. The van der Waals surface area contributed by atoms with Crippen LogP contribution in [0.15, 0.2) is 60.0 Å². The second-order valence-electron chi connectivity index (χ2n) is 10.4. The predicted octanol–water partition coefficient (Wildman–Crippen LogP) is 4.26. The van der Waals surface area contributed by atoms with E-state index < -0.39 is 17.5 Å². The molecule has 1 aliphatic heterocycles. The van der Waals surface area contributed by atoms with Crippen LogP contribution in [0.3, 0.4) is 0 Å². The van der Waals surface area contributed by atoms with Gasteiger partial charge in [0, 0.05) is 17.3 Å². The number of tetrazole rings is 1. The fourth-order valence-corrected chi connectivity index (χ4v) is 5.05. The molecule has 2 aromatic carbocycles. The van der Waals surface area contributed by atoms with Crippen LogP contribution in [0.1, 0.15) is 39.3 Å². The number of fused-ring (bicyclic) bond motifs is 1. The third-order valence-electron chi connectivity index (χ3n) is 6.06. The summed E-state index contributed by atoms with van der Waals surface area (Å²) in [7, 11) is 0. The number of nitrogens with zero attached hydrogens (tertiary/aromatic N) is 5. The Balaban J connectivity index is 1.57. The maximum absolute atomic E-state index is 14.2. The van der Waals surface area contributed by atoms with Crippen molar-refractivity contribution in [1.82, 2.24) is 25.5 Å². The number of nitrogens with one attached hydrogen (secondary N) is 1. The highest BCUT2D eigenvalue weighted by Crippen LogP contribution is 2.37. The number of carbonyl (C=O) groups excluding carboxylic acids is 2. The highest BCUT2D eigenvalue weighted by Gasteiger charge is 2.35. The summed E-state index contributed by atoms with van der Waals surface area (Å²) in [6, 6.07) is 15.1. The van der Waals surface area contributed by atoms with E-state index in [9.17, 15) is 9.59 Å². The van der Waals surface area contributed by atoms with Gasteiger partial charge in [-0.1, -0.05) is 18.2 Å². The van der Waals surface area contributed by atoms with Gasteiger partial charge in [-0.15, -0.1) is 21.5 Å². The molecule has 2 amide bonds. The molecular weight excluding hydrogens is 544 g/mol. The molecule has 0 aliphatic carbocycles. The van der Waals surface area contributed by atoms with Gasteiger partial charge in [0.25, 0.3) is 5.91 Å². The fraction of sp³-hybridized carbons (Fsp3) is 0.345. The van der Waals surface area contributed by atoms with Crippen molar-refractivity contribution in [3.8, 4) is 28.0 Å². The minimum absolute atomic E-state index is 0.247. The first-order valence-corrected chi connectivity index (χ1v) is 14.2. The van der Waals surface area contributed by atoms with Crippen molar-refractivity contribution in [3.05, 3.63) is 65.5 Å². The van der Waals surface area contributed by atoms with Crippen LogP contribution < -0.4 is 24.4 Å². The highest BCUT2D eigenvalue weighted by molar-refractivity contribution is 7.13. The Morgan fingerprint density at radius 3 is 2.54 bits per heavy atom. The Morgan fingerprint density at radius 1 is 1.10 bits per heavy atom. The molecule has 12 heteroatoms. The minimum Gasteiger partial charge on any atom is -0.494 e. The fourth-order valence-electron chi connectivity index (χ4n) is 4.40. The molecule has 2 aromatic heterocycles. The lowest BCUT2D eigenvalue weighted by Gasteiger charge is -2.34. The highest BCUT2D eigenvalue weighted by atomic mass is 32.1. The summed E-state index contributed by atoms with van der Waals surface area (Å²) >= 11 is 1.48. The van der Waals surface area contributed by atoms with E-state index in [1.54, 1.807) is 42.5 Å². The van der Waals surface area contributed by atoms with Crippen molar-refractivity contribution in [2.24, 2.45) is 0 Å². The average molecular weight is 577 g/mol. The number of ether oxygens (including phenoxy) is 3. The van der Waals surface area contributed by atoms with E-state index in [-0.39, 0.29) is 12.5 Å². The zero-order chi connectivity index (χ0) is 29.0. The van der Waals surface area contributed by atoms with E-state index in [1.165, 1.54) is 21.0 Å². The van der Waals surface area contributed by atoms with Crippen molar-refractivity contribution in [2.45, 2.75) is 45.8 Å². The van der Waals surface area contributed by atoms with Gasteiger partial charge in [-0.3, -0.25) is 14.5 Å². The van der Waals surface area contributed by atoms with E-state index >= 15 is 0 Å². The summed E-state index contributed by atoms with van der Waals surface area (Å²) in [5.41, 5.74) is 0.510. The summed E-state index contributed by atoms with van der Waals surface area (Å²) in [5, 5.41) is 17.6. The van der Waals surface area contributed by atoms with Gasteiger partial charge in [0.15, 0.2) is 11.5 Å². The van der Waals surface area contributed by atoms with Crippen LogP contribution in [0.4, 0.5) is 5.69 Å². The van der Waals surface area contributed by atoms with Crippen molar-refractivity contribution in [3.63, 3.8) is 0 Å². The normalized spacial score (nSPS) is 13.4. The number of thiophene rings is 1. The Bertz CT molecular complexity index is 1500. The molecule has 5 rings (SSSR count). The van der Waals surface area contributed by atoms with Gasteiger partial charge in [-0.2, -0.15) is 4.80 Å². The Morgan fingerprint density at radius 2 is 1.85 bits per heavy atom. The van der Waals surface area contributed by atoms with Crippen LogP contribution in [-0.4, -0.2) is 57.4 Å². The first kappa shape index (κ1) is 28.1. The molecule has 1 N–H and O–H groups in total. The second-order valence-corrected chi connectivity index (χ2v) is 11.3. The maximum Gasteiger partial charge on any atom is 0.251 e. The van der Waals surface area contributed by atoms with Crippen LogP contribution in [0.5, 0.6) is 17.2 Å². The number of hydrogen-bond acceptors (Lipinski definition) is 9. The monoisotopic (exact) mass is 576 g/mol. The molecule has 11 nitrogen and oxygen atoms in total. The number of carbonyl (C=O) groups is 2. The number of amides is 2. The molecule has 0 radical (unpaired) electrons. The summed E-state index contributed by atoms with van der Waals surface area (Å²) in [4.78, 5) is 31.6. The SMILES string of the molecule is CCOc1ccc(C(C(=O)NC(C)(C)C)N(C(=O)Cn2nnc(-c3cccs3)n2)c2ccc3c(c2)OCCO3)cc1. The number of aromatic nitrogens is 4. The van der Waals surface area contributed by atoms with Crippen LogP contribution in [-0.2, 0) is 16.1 Å². The lowest BCUT2D eigenvalue weighted by atomic mass is 10.0. The number of benzene rings is 2. The van der Waals surface area contributed by atoms with E-state index in [0.29, 0.717) is 54.1 Å². The van der Waals surface area contributed by atoms with Crippen molar-refractivity contribution in [1.29, 1.82) is 0 Å². The minimum atomic E-state index is -1.03. The van der Waals surface area contributed by atoms with E-state index in [4.69, 9.17) is 14.2 Å². The first-order chi connectivity index (χ1) is 19.7. The summed E-state index contributed by atoms with van der Waals surface area (Å²) in [6.45, 7) is 8.65. The van der Waals surface area contributed by atoms with E-state index in [0.717, 1.165) is 4.88 Å². The summed E-state index contributed by atoms with van der Waals surface area (Å²) in [6.07, 6.45) is 0. The van der Waals surface area contributed by atoms with Crippen LogP contribution in [0.25, 0.3) is 10.7 Å². The van der Waals surface area contributed by atoms with Crippen LogP contribution in [0.2, 0.25) is 0 Å². The average Bonchev–Trinajstić information content (AvgIpc) is 3.64. The van der Waals surface area contributed by atoms with E-state index in [2.05, 4.69) is 20.7 Å². The summed E-state index contributed by atoms with van der Waals surface area (Å²) in [5.74, 6) is 1.38. The van der Waals surface area contributed by atoms with Gasteiger partial charge < -0.3 is 19.5 Å². The lowest BCUT2D eigenvalue weighted by Crippen LogP contribution is -2.50. The molecule has 0 fully saturated rings. The van der Waals surface area contributed by atoms with Crippen LogP contribution in [0, 0.1) is 0 Å². The van der Waals surface area contributed by atoms with Gasteiger partial charge in [0.05, 0.1) is 11.5 Å². The molecule has 1 unspecified atom stereocenters. The third kappa shape index (κ3) is 6.65. The zero-order valence-corrected chi connectivity index (χ0v) is 24.2. The van der Waals surface area contributed by atoms with Gasteiger partial charge in [-0.25, -0.2) is 0 Å². The predicted molar refractivity (Wildman–Crippen MR) is 154 cm³/mol. The largest absolute Gasteiger partial charge is 0.494 e. The molecule has 0 saturated carbocycles. The molecule has 3 heterocycles. The Kier molecular flexibility index (Phi) is 8.20. The number of rotatable bonds is 9. The zero-order valence-electron chi connectivity index (χ0n) is 23.4. The van der Waals surface area contributed by atoms with Crippen molar-refractivity contribution >= 4 is 28.8 Å². The molecular formula is C29H32N6O5S. The van der Waals surface area contributed by atoms with Gasteiger partial charge in [0.2, 0.25) is 11.7 Å².